The van der Waals surface area contributed by atoms with E-state index in [4.69, 9.17) is 15.2 Å². The van der Waals surface area contributed by atoms with Gasteiger partial charge in [0.05, 0.1) is 11.0 Å². The Labute approximate surface area is 151 Å². The Kier molecular flexibility index (Phi) is 5.77. The number of hydrogen-bond acceptors (Lipinski definition) is 7. The van der Waals surface area contributed by atoms with Crippen molar-refractivity contribution in [1.82, 2.24) is 4.72 Å². The zero-order chi connectivity index (χ0) is 17.4. The molecular formula is C14H20ClN3O6S. The lowest BCUT2D eigenvalue weighted by Crippen LogP contribution is -2.51. The van der Waals surface area contributed by atoms with Crippen LogP contribution in [0.4, 0.5) is 5.69 Å². The number of hydrogen-bond donors (Lipinski definition) is 2. The highest BCUT2D eigenvalue weighted by molar-refractivity contribution is 7.89. The maximum absolute atomic E-state index is 12.8. The van der Waals surface area contributed by atoms with Gasteiger partial charge in [-0.25, -0.2) is 13.1 Å². The molecule has 0 amide bonds. The molecule has 1 heterocycles. The number of nitro groups is 1. The number of nitrogens with zero attached hydrogens (tertiary/aromatic N) is 1. The summed E-state index contributed by atoms with van der Waals surface area (Å²) in [5.41, 5.74) is 4.46. The second kappa shape index (κ2) is 7.32. The van der Waals surface area contributed by atoms with E-state index in [1.54, 1.807) is 0 Å². The third-order valence-corrected chi connectivity index (χ3v) is 6.02. The van der Waals surface area contributed by atoms with Crippen molar-refractivity contribution in [2.45, 2.75) is 36.1 Å². The molecule has 0 radical (unpaired) electrons. The van der Waals surface area contributed by atoms with Gasteiger partial charge in [0.1, 0.15) is 13.2 Å². The van der Waals surface area contributed by atoms with Crippen molar-refractivity contribution in [2.75, 3.05) is 19.8 Å². The van der Waals surface area contributed by atoms with Gasteiger partial charge in [-0.2, -0.15) is 0 Å². The van der Waals surface area contributed by atoms with Gasteiger partial charge in [0.25, 0.3) is 5.69 Å². The number of halogens is 1. The zero-order valence-electron chi connectivity index (χ0n) is 13.4. The molecule has 1 aliphatic carbocycles. The van der Waals surface area contributed by atoms with Gasteiger partial charge in [-0.05, 0) is 12.8 Å². The van der Waals surface area contributed by atoms with Gasteiger partial charge in [-0.3, -0.25) is 10.1 Å². The third-order valence-electron chi connectivity index (χ3n) is 4.41. The van der Waals surface area contributed by atoms with Gasteiger partial charge < -0.3 is 15.2 Å². The van der Waals surface area contributed by atoms with Crippen LogP contribution in [0.3, 0.4) is 0 Å². The average molecular weight is 394 g/mol. The van der Waals surface area contributed by atoms with E-state index in [0.29, 0.717) is 12.8 Å². The molecule has 25 heavy (non-hydrogen) atoms. The summed E-state index contributed by atoms with van der Waals surface area (Å²) >= 11 is 0. The lowest BCUT2D eigenvalue weighted by Gasteiger charge is -2.28. The second-order valence-corrected chi connectivity index (χ2v) is 7.67. The van der Waals surface area contributed by atoms with Crippen molar-refractivity contribution >= 4 is 28.1 Å². The van der Waals surface area contributed by atoms with Crippen LogP contribution in [-0.4, -0.2) is 38.6 Å². The average Bonchev–Trinajstić information content (AvgIpc) is 3.02. The molecule has 3 rings (SSSR count). The van der Waals surface area contributed by atoms with E-state index in [-0.39, 0.29) is 43.7 Å². The van der Waals surface area contributed by atoms with Crippen molar-refractivity contribution in [2.24, 2.45) is 5.73 Å². The fourth-order valence-electron chi connectivity index (χ4n) is 3.16. The lowest BCUT2D eigenvalue weighted by atomic mass is 10.0. The second-order valence-electron chi connectivity index (χ2n) is 6.02. The Bertz CT molecular complexity index is 764. The fraction of sp³-hybridized carbons (Fsp3) is 0.571. The predicted octanol–water partition coefficient (Wildman–Crippen LogP) is 1.34. The number of benzene rings is 1. The number of rotatable bonds is 5. The Morgan fingerprint density at radius 3 is 2.28 bits per heavy atom. The summed E-state index contributed by atoms with van der Waals surface area (Å²) in [5, 5.41) is 11.3. The molecule has 1 aromatic carbocycles. The summed E-state index contributed by atoms with van der Waals surface area (Å²) in [6.45, 7) is 0.653. The molecule has 9 nitrogen and oxygen atoms in total. The maximum Gasteiger partial charge on any atom is 0.293 e. The highest BCUT2D eigenvalue weighted by Gasteiger charge is 2.39. The number of ether oxygens (including phenoxy) is 2. The van der Waals surface area contributed by atoms with Gasteiger partial charge in [0, 0.05) is 18.2 Å². The first-order valence-electron chi connectivity index (χ1n) is 7.69. The summed E-state index contributed by atoms with van der Waals surface area (Å²) in [7, 11) is -4.13. The normalized spacial score (nSPS) is 18.4. The smallest absolute Gasteiger partial charge is 0.293 e. The van der Waals surface area contributed by atoms with Crippen LogP contribution in [0.25, 0.3) is 0 Å². The van der Waals surface area contributed by atoms with Crippen LogP contribution in [0.15, 0.2) is 17.0 Å². The molecular weight excluding hydrogens is 374 g/mol. The summed E-state index contributed by atoms with van der Waals surface area (Å²) in [4.78, 5) is 10.2. The fourth-order valence-corrected chi connectivity index (χ4v) is 4.80. The first-order valence-corrected chi connectivity index (χ1v) is 9.17. The molecule has 0 atom stereocenters. The molecule has 0 bridgehead atoms. The van der Waals surface area contributed by atoms with Gasteiger partial charge >= 0.3 is 0 Å². The molecule has 1 fully saturated rings. The van der Waals surface area contributed by atoms with E-state index in [1.807, 2.05) is 0 Å². The number of nitro benzene ring substituents is 1. The molecule has 3 N–H and O–H groups in total. The van der Waals surface area contributed by atoms with E-state index in [9.17, 15) is 18.5 Å². The van der Waals surface area contributed by atoms with Crippen LogP contribution < -0.4 is 19.9 Å². The van der Waals surface area contributed by atoms with E-state index < -0.39 is 31.1 Å². The van der Waals surface area contributed by atoms with Gasteiger partial charge in [0.15, 0.2) is 16.4 Å². The van der Waals surface area contributed by atoms with Crippen LogP contribution in [0.1, 0.15) is 25.7 Å². The SMILES string of the molecule is Cl.NCC1(NS(=O)(=O)c2cc3c(cc2[N+](=O)[O-])OCCO3)CCCC1. The van der Waals surface area contributed by atoms with E-state index in [0.717, 1.165) is 25.0 Å². The highest BCUT2D eigenvalue weighted by atomic mass is 35.5. The van der Waals surface area contributed by atoms with Crippen molar-refractivity contribution in [3.63, 3.8) is 0 Å². The molecule has 140 valence electrons. The van der Waals surface area contributed by atoms with Crippen molar-refractivity contribution in [3.05, 3.63) is 22.2 Å². The zero-order valence-corrected chi connectivity index (χ0v) is 15.0. The van der Waals surface area contributed by atoms with Gasteiger partial charge in [0.2, 0.25) is 10.0 Å². The summed E-state index contributed by atoms with van der Waals surface area (Å²) in [6, 6.07) is 2.24. The van der Waals surface area contributed by atoms with Crippen molar-refractivity contribution in [3.8, 4) is 11.5 Å². The van der Waals surface area contributed by atoms with Crippen LogP contribution in [0.5, 0.6) is 11.5 Å². The first kappa shape index (κ1) is 19.7. The number of fused-ring (bicyclic) bond motifs is 1. The maximum atomic E-state index is 12.8. The topological polar surface area (TPSA) is 134 Å². The Balaban J connectivity index is 0.00000225. The molecule has 0 spiro atoms. The van der Waals surface area contributed by atoms with E-state index in [1.165, 1.54) is 0 Å². The van der Waals surface area contributed by atoms with Crippen LogP contribution in [-0.2, 0) is 10.0 Å². The summed E-state index contributed by atoms with van der Waals surface area (Å²) in [6.07, 6.45) is 2.95. The first-order chi connectivity index (χ1) is 11.4. The van der Waals surface area contributed by atoms with Gasteiger partial charge in [-0.15, -0.1) is 12.4 Å². The largest absolute Gasteiger partial charge is 0.486 e. The Morgan fingerprint density at radius 2 is 1.76 bits per heavy atom. The van der Waals surface area contributed by atoms with Crippen LogP contribution in [0, 0.1) is 10.1 Å². The third kappa shape index (κ3) is 3.81. The van der Waals surface area contributed by atoms with Crippen LogP contribution >= 0.6 is 12.4 Å². The summed E-state index contributed by atoms with van der Waals surface area (Å²) in [5.74, 6) is 0.349. The van der Waals surface area contributed by atoms with Gasteiger partial charge in [-0.1, -0.05) is 12.8 Å². The molecule has 0 aromatic heterocycles. The van der Waals surface area contributed by atoms with Crippen molar-refractivity contribution < 1.29 is 22.8 Å². The Morgan fingerprint density at radius 1 is 1.20 bits per heavy atom. The molecule has 0 saturated heterocycles. The minimum absolute atomic E-state index is 0. The highest BCUT2D eigenvalue weighted by Crippen LogP contribution is 2.39. The predicted molar refractivity (Wildman–Crippen MR) is 91.9 cm³/mol. The quantitative estimate of drug-likeness (QED) is 0.569. The molecule has 1 aliphatic heterocycles. The minimum Gasteiger partial charge on any atom is -0.486 e. The standard InChI is InChI=1S/C14H19N3O6S.ClH/c15-9-14(3-1-2-4-14)16-24(20,21)13-8-12-11(22-5-6-23-12)7-10(13)17(18)19;/h7-8,16H,1-6,9,15H2;1H. The monoisotopic (exact) mass is 393 g/mol. The molecule has 2 aliphatic rings. The number of nitrogens with two attached hydrogens (primary N) is 1. The summed E-state index contributed by atoms with van der Waals surface area (Å²) < 4.78 is 38.8. The molecule has 1 aromatic rings. The minimum atomic E-state index is -4.13. The molecule has 1 saturated carbocycles. The molecule has 11 heteroatoms. The number of sulfonamides is 1. The van der Waals surface area contributed by atoms with E-state index >= 15 is 0 Å². The van der Waals surface area contributed by atoms with Crippen molar-refractivity contribution in [1.29, 1.82) is 0 Å². The number of nitrogens with one attached hydrogen (secondary N) is 1. The van der Waals surface area contributed by atoms with E-state index in [2.05, 4.69) is 4.72 Å². The van der Waals surface area contributed by atoms with Crippen LogP contribution in [0.2, 0.25) is 0 Å². The lowest BCUT2D eigenvalue weighted by molar-refractivity contribution is -0.388. The molecule has 0 unspecified atom stereocenters. The Hall–Kier alpha value is -1.62.